The lowest BCUT2D eigenvalue weighted by Crippen LogP contribution is -2.36. The Morgan fingerprint density at radius 2 is 2.20 bits per heavy atom. The fraction of sp³-hybridized carbons (Fsp3) is 0.909. The first kappa shape index (κ1) is 12.5. The third kappa shape index (κ3) is 5.14. The number of unbranched alkanes of at least 4 members (excludes halogenated alkanes) is 1. The van der Waals surface area contributed by atoms with Gasteiger partial charge in [-0.25, -0.2) is 0 Å². The molecule has 0 aromatic carbocycles. The topological polar surface area (TPSA) is 60.8 Å². The van der Waals surface area contributed by atoms with Crippen LogP contribution in [0.3, 0.4) is 0 Å². The predicted molar refractivity (Wildman–Crippen MR) is 57.8 cm³/mol. The van der Waals surface area contributed by atoms with Gasteiger partial charge in [-0.05, 0) is 25.8 Å². The van der Waals surface area contributed by atoms with Crippen molar-refractivity contribution in [1.29, 1.82) is 0 Å². The van der Waals surface area contributed by atoms with Gasteiger partial charge in [0.25, 0.3) is 0 Å². The summed E-state index contributed by atoms with van der Waals surface area (Å²) in [6, 6.07) is 0.597. The number of aliphatic hydroxyl groups is 1. The second-order valence-corrected chi connectivity index (χ2v) is 4.33. The first-order valence-corrected chi connectivity index (χ1v) is 5.77. The highest BCUT2D eigenvalue weighted by Gasteiger charge is 2.29. The minimum Gasteiger partial charge on any atom is -0.481 e. The van der Waals surface area contributed by atoms with Gasteiger partial charge in [-0.2, -0.15) is 0 Å². The molecular formula is C11H21NO3. The molecule has 0 aromatic heterocycles. The summed E-state index contributed by atoms with van der Waals surface area (Å²) in [4.78, 5) is 12.6. The van der Waals surface area contributed by atoms with Gasteiger partial charge in [-0.3, -0.25) is 9.69 Å². The van der Waals surface area contributed by atoms with Gasteiger partial charge >= 0.3 is 5.97 Å². The maximum absolute atomic E-state index is 10.4. The van der Waals surface area contributed by atoms with E-state index in [4.69, 9.17) is 5.11 Å². The van der Waals surface area contributed by atoms with Gasteiger partial charge in [-0.15, -0.1) is 0 Å². The standard InChI is InChI=1S/C11H21NO3/c1-2-3-6-12(9-4-5-9)8-10(13)7-11(14)15/h9-10,13H,2-8H2,1H3,(H,14,15). The van der Waals surface area contributed by atoms with Gasteiger partial charge in [0, 0.05) is 12.6 Å². The molecule has 4 heteroatoms. The summed E-state index contributed by atoms with van der Waals surface area (Å²) in [6.07, 6.45) is 3.79. The molecule has 88 valence electrons. The van der Waals surface area contributed by atoms with Crippen LogP contribution in [0, 0.1) is 0 Å². The fourth-order valence-electron chi connectivity index (χ4n) is 1.76. The summed E-state index contributed by atoms with van der Waals surface area (Å²) < 4.78 is 0. The van der Waals surface area contributed by atoms with E-state index < -0.39 is 12.1 Å². The molecule has 15 heavy (non-hydrogen) atoms. The molecule has 4 nitrogen and oxygen atoms in total. The van der Waals surface area contributed by atoms with Gasteiger partial charge in [-0.1, -0.05) is 13.3 Å². The zero-order valence-corrected chi connectivity index (χ0v) is 9.35. The highest BCUT2D eigenvalue weighted by Crippen LogP contribution is 2.27. The van der Waals surface area contributed by atoms with Crippen molar-refractivity contribution in [3.63, 3.8) is 0 Å². The van der Waals surface area contributed by atoms with E-state index in [1.807, 2.05) is 0 Å². The van der Waals surface area contributed by atoms with Crippen LogP contribution in [0.25, 0.3) is 0 Å². The van der Waals surface area contributed by atoms with Crippen molar-refractivity contribution in [2.45, 2.75) is 51.2 Å². The molecule has 1 atom stereocenters. The van der Waals surface area contributed by atoms with Crippen LogP contribution in [0.5, 0.6) is 0 Å². The number of aliphatic hydroxyl groups excluding tert-OH is 1. The van der Waals surface area contributed by atoms with E-state index in [-0.39, 0.29) is 6.42 Å². The molecule has 1 saturated carbocycles. The van der Waals surface area contributed by atoms with Crippen LogP contribution in [-0.2, 0) is 4.79 Å². The zero-order chi connectivity index (χ0) is 11.3. The van der Waals surface area contributed by atoms with E-state index in [0.29, 0.717) is 12.6 Å². The normalized spacial score (nSPS) is 18.1. The van der Waals surface area contributed by atoms with Crippen LogP contribution in [0.2, 0.25) is 0 Å². The minimum absolute atomic E-state index is 0.144. The highest BCUT2D eigenvalue weighted by molar-refractivity contribution is 5.67. The first-order valence-electron chi connectivity index (χ1n) is 5.77. The Morgan fingerprint density at radius 3 is 2.67 bits per heavy atom. The number of carboxylic acid groups (broad SMARTS) is 1. The largest absolute Gasteiger partial charge is 0.481 e. The second kappa shape index (κ2) is 6.08. The van der Waals surface area contributed by atoms with Gasteiger partial charge < -0.3 is 10.2 Å². The quantitative estimate of drug-likeness (QED) is 0.636. The Morgan fingerprint density at radius 1 is 1.53 bits per heavy atom. The lowest BCUT2D eigenvalue weighted by Gasteiger charge is -2.24. The smallest absolute Gasteiger partial charge is 0.306 e. The van der Waals surface area contributed by atoms with E-state index >= 15 is 0 Å². The molecular weight excluding hydrogens is 194 g/mol. The number of carboxylic acids is 1. The zero-order valence-electron chi connectivity index (χ0n) is 9.35. The average Bonchev–Trinajstić information content (AvgIpc) is 2.93. The van der Waals surface area contributed by atoms with Crippen LogP contribution in [0.4, 0.5) is 0 Å². The number of rotatable bonds is 8. The van der Waals surface area contributed by atoms with Gasteiger partial charge in [0.1, 0.15) is 0 Å². The molecule has 1 rings (SSSR count). The molecule has 0 aliphatic heterocycles. The van der Waals surface area contributed by atoms with E-state index in [1.165, 1.54) is 12.8 Å². The SMILES string of the molecule is CCCCN(CC(O)CC(=O)O)C1CC1. The Kier molecular flexibility index (Phi) is 5.05. The monoisotopic (exact) mass is 215 g/mol. The molecule has 1 aliphatic rings. The van der Waals surface area contributed by atoms with E-state index in [2.05, 4.69) is 11.8 Å². The molecule has 1 fully saturated rings. The van der Waals surface area contributed by atoms with E-state index in [1.54, 1.807) is 0 Å². The van der Waals surface area contributed by atoms with Crippen molar-refractivity contribution in [3.05, 3.63) is 0 Å². The van der Waals surface area contributed by atoms with Crippen molar-refractivity contribution >= 4 is 5.97 Å². The predicted octanol–water partition coefficient (Wildman–Crippen LogP) is 1.09. The summed E-state index contributed by atoms with van der Waals surface area (Å²) in [7, 11) is 0. The van der Waals surface area contributed by atoms with Crippen LogP contribution in [0.1, 0.15) is 39.0 Å². The average molecular weight is 215 g/mol. The molecule has 0 heterocycles. The number of hydrogen-bond acceptors (Lipinski definition) is 3. The van der Waals surface area contributed by atoms with Crippen LogP contribution in [0.15, 0.2) is 0 Å². The number of nitrogens with zero attached hydrogens (tertiary/aromatic N) is 1. The van der Waals surface area contributed by atoms with Crippen molar-refractivity contribution in [3.8, 4) is 0 Å². The molecule has 0 aromatic rings. The summed E-state index contributed by atoms with van der Waals surface area (Å²) in [5.74, 6) is -0.922. The summed E-state index contributed by atoms with van der Waals surface area (Å²) in [6.45, 7) is 3.63. The Bertz CT molecular complexity index is 204. The molecule has 0 bridgehead atoms. The van der Waals surface area contributed by atoms with Crippen molar-refractivity contribution in [1.82, 2.24) is 4.90 Å². The van der Waals surface area contributed by atoms with E-state index in [0.717, 1.165) is 19.4 Å². The molecule has 0 amide bonds. The molecule has 0 spiro atoms. The third-order valence-electron chi connectivity index (χ3n) is 2.72. The Labute approximate surface area is 90.9 Å². The summed E-state index contributed by atoms with van der Waals surface area (Å²) in [5.41, 5.74) is 0. The van der Waals surface area contributed by atoms with E-state index in [9.17, 15) is 9.90 Å². The maximum Gasteiger partial charge on any atom is 0.306 e. The summed E-state index contributed by atoms with van der Waals surface area (Å²) >= 11 is 0. The van der Waals surface area contributed by atoms with Gasteiger partial charge in [0.05, 0.1) is 12.5 Å². The lowest BCUT2D eigenvalue weighted by atomic mass is 10.2. The second-order valence-electron chi connectivity index (χ2n) is 4.33. The Hall–Kier alpha value is -0.610. The highest BCUT2D eigenvalue weighted by atomic mass is 16.4. The van der Waals surface area contributed by atoms with Crippen molar-refractivity contribution in [2.75, 3.05) is 13.1 Å². The first-order chi connectivity index (χ1) is 7.13. The Balaban J connectivity index is 2.26. The molecule has 0 radical (unpaired) electrons. The lowest BCUT2D eigenvalue weighted by molar-refractivity contribution is -0.139. The number of hydrogen-bond donors (Lipinski definition) is 2. The van der Waals surface area contributed by atoms with Crippen LogP contribution >= 0.6 is 0 Å². The minimum atomic E-state index is -0.922. The molecule has 2 N–H and O–H groups in total. The van der Waals surface area contributed by atoms with Crippen molar-refractivity contribution < 1.29 is 15.0 Å². The van der Waals surface area contributed by atoms with Gasteiger partial charge in [0.15, 0.2) is 0 Å². The van der Waals surface area contributed by atoms with Gasteiger partial charge in [0.2, 0.25) is 0 Å². The molecule has 0 saturated heterocycles. The number of aliphatic carboxylic acids is 1. The maximum atomic E-state index is 10.4. The molecule has 1 aliphatic carbocycles. The number of carbonyl (C=O) groups is 1. The fourth-order valence-corrected chi connectivity index (χ4v) is 1.76. The summed E-state index contributed by atoms with van der Waals surface area (Å²) in [5, 5.41) is 18.1. The van der Waals surface area contributed by atoms with Crippen LogP contribution < -0.4 is 0 Å². The van der Waals surface area contributed by atoms with Crippen LogP contribution in [-0.4, -0.2) is 46.3 Å². The third-order valence-corrected chi connectivity index (χ3v) is 2.72. The molecule has 1 unspecified atom stereocenters. The van der Waals surface area contributed by atoms with Crippen molar-refractivity contribution in [2.24, 2.45) is 0 Å².